The van der Waals surface area contributed by atoms with Crippen LogP contribution in [0.4, 0.5) is 0 Å². The molecular formula is C18H22N2O3. The van der Waals surface area contributed by atoms with Gasteiger partial charge in [0.1, 0.15) is 0 Å². The first-order valence-electron chi connectivity index (χ1n) is 8.08. The van der Waals surface area contributed by atoms with Gasteiger partial charge in [-0.3, -0.25) is 9.59 Å². The first-order valence-corrected chi connectivity index (χ1v) is 8.08. The summed E-state index contributed by atoms with van der Waals surface area (Å²) in [5.41, 5.74) is 2.06. The van der Waals surface area contributed by atoms with Crippen LogP contribution in [0.15, 0.2) is 30.5 Å². The first-order chi connectivity index (χ1) is 11.1. The Hall–Kier alpha value is -2.14. The van der Waals surface area contributed by atoms with Gasteiger partial charge < -0.3 is 14.9 Å². The number of nitrogens with zero attached hydrogens (tertiary/aromatic N) is 2. The molecule has 5 heteroatoms. The number of likely N-dealkylation sites (tertiary alicyclic amines) is 1. The Kier molecular flexibility index (Phi) is 4.48. The van der Waals surface area contributed by atoms with Crippen molar-refractivity contribution in [1.82, 2.24) is 9.80 Å². The van der Waals surface area contributed by atoms with Gasteiger partial charge in [-0.2, -0.15) is 0 Å². The molecule has 1 aromatic carbocycles. The highest BCUT2D eigenvalue weighted by Gasteiger charge is 2.30. The van der Waals surface area contributed by atoms with Gasteiger partial charge in [0.25, 0.3) is 0 Å². The van der Waals surface area contributed by atoms with Crippen LogP contribution in [0.2, 0.25) is 0 Å². The SMILES string of the molecule is CC(=O)N1C=Cc2ccccc2C1CC(=O)N1CCC(O)CC1. The van der Waals surface area contributed by atoms with Crippen molar-refractivity contribution in [2.45, 2.75) is 38.3 Å². The smallest absolute Gasteiger partial charge is 0.225 e. The van der Waals surface area contributed by atoms with Crippen LogP contribution in [0.25, 0.3) is 6.08 Å². The van der Waals surface area contributed by atoms with E-state index in [1.807, 2.05) is 30.3 Å². The summed E-state index contributed by atoms with van der Waals surface area (Å²) in [4.78, 5) is 28.0. The summed E-state index contributed by atoms with van der Waals surface area (Å²) in [5, 5.41) is 9.58. The minimum atomic E-state index is -0.300. The van der Waals surface area contributed by atoms with Crippen LogP contribution in [-0.2, 0) is 9.59 Å². The predicted octanol–water partition coefficient (Wildman–Crippen LogP) is 1.93. The van der Waals surface area contributed by atoms with E-state index in [0.29, 0.717) is 25.9 Å². The van der Waals surface area contributed by atoms with Gasteiger partial charge in [0.2, 0.25) is 11.8 Å². The maximum Gasteiger partial charge on any atom is 0.225 e. The Morgan fingerprint density at radius 1 is 1.22 bits per heavy atom. The number of amides is 2. The lowest BCUT2D eigenvalue weighted by molar-refractivity contribution is -0.136. The van der Waals surface area contributed by atoms with E-state index < -0.39 is 0 Å². The highest BCUT2D eigenvalue weighted by Crippen LogP contribution is 2.33. The average molecular weight is 314 g/mol. The van der Waals surface area contributed by atoms with E-state index in [2.05, 4.69) is 0 Å². The van der Waals surface area contributed by atoms with Gasteiger partial charge in [-0.15, -0.1) is 0 Å². The fraction of sp³-hybridized carbons (Fsp3) is 0.444. The van der Waals surface area contributed by atoms with Crippen LogP contribution >= 0.6 is 0 Å². The quantitative estimate of drug-likeness (QED) is 0.907. The van der Waals surface area contributed by atoms with Crippen LogP contribution in [0.5, 0.6) is 0 Å². The molecule has 1 fully saturated rings. The molecule has 0 spiro atoms. The number of rotatable bonds is 2. The maximum atomic E-state index is 12.6. The second kappa shape index (κ2) is 6.54. The molecule has 0 bridgehead atoms. The summed E-state index contributed by atoms with van der Waals surface area (Å²) in [6, 6.07) is 7.61. The van der Waals surface area contributed by atoms with E-state index in [4.69, 9.17) is 0 Å². The molecule has 0 radical (unpaired) electrons. The number of aliphatic hydroxyl groups excluding tert-OH is 1. The number of hydrogen-bond acceptors (Lipinski definition) is 3. The number of piperidine rings is 1. The predicted molar refractivity (Wildman–Crippen MR) is 87.2 cm³/mol. The van der Waals surface area contributed by atoms with Crippen LogP contribution in [0.3, 0.4) is 0 Å². The molecule has 3 rings (SSSR count). The van der Waals surface area contributed by atoms with Crippen LogP contribution in [0.1, 0.15) is 43.4 Å². The van der Waals surface area contributed by atoms with E-state index in [0.717, 1.165) is 11.1 Å². The van der Waals surface area contributed by atoms with Gasteiger partial charge in [-0.05, 0) is 30.0 Å². The van der Waals surface area contributed by atoms with Gasteiger partial charge in [0, 0.05) is 26.2 Å². The third kappa shape index (κ3) is 3.29. The normalized spacial score (nSPS) is 21.2. The third-order valence-electron chi connectivity index (χ3n) is 4.65. The number of aliphatic hydroxyl groups is 1. The molecule has 2 amide bonds. The molecule has 1 atom stereocenters. The monoisotopic (exact) mass is 314 g/mol. The van der Waals surface area contributed by atoms with Gasteiger partial charge in [-0.1, -0.05) is 24.3 Å². The summed E-state index contributed by atoms with van der Waals surface area (Å²) in [6.07, 6.45) is 4.91. The third-order valence-corrected chi connectivity index (χ3v) is 4.65. The zero-order valence-electron chi connectivity index (χ0n) is 13.3. The Morgan fingerprint density at radius 3 is 2.61 bits per heavy atom. The van der Waals surface area contributed by atoms with Crippen LogP contribution in [-0.4, -0.2) is 45.9 Å². The van der Waals surface area contributed by atoms with Crippen molar-refractivity contribution < 1.29 is 14.7 Å². The summed E-state index contributed by atoms with van der Waals surface area (Å²) in [7, 11) is 0. The lowest BCUT2D eigenvalue weighted by Gasteiger charge is -2.35. The van der Waals surface area contributed by atoms with Crippen molar-refractivity contribution in [2.75, 3.05) is 13.1 Å². The molecule has 2 heterocycles. The lowest BCUT2D eigenvalue weighted by atomic mass is 9.93. The highest BCUT2D eigenvalue weighted by molar-refractivity contribution is 5.82. The van der Waals surface area contributed by atoms with Crippen LogP contribution < -0.4 is 0 Å². The van der Waals surface area contributed by atoms with Crippen molar-refractivity contribution in [3.63, 3.8) is 0 Å². The molecule has 1 N–H and O–H groups in total. The largest absolute Gasteiger partial charge is 0.393 e. The Bertz CT molecular complexity index is 633. The molecule has 0 saturated carbocycles. The Labute approximate surface area is 136 Å². The molecule has 2 aliphatic rings. The van der Waals surface area contributed by atoms with Crippen molar-refractivity contribution in [1.29, 1.82) is 0 Å². The minimum Gasteiger partial charge on any atom is -0.393 e. The van der Waals surface area contributed by atoms with E-state index in [-0.39, 0.29) is 30.4 Å². The van der Waals surface area contributed by atoms with Gasteiger partial charge in [0.05, 0.1) is 18.6 Å². The number of fused-ring (bicyclic) bond motifs is 1. The lowest BCUT2D eigenvalue weighted by Crippen LogP contribution is -2.42. The number of hydrogen-bond donors (Lipinski definition) is 1. The summed E-state index contributed by atoms with van der Waals surface area (Å²) >= 11 is 0. The van der Waals surface area contributed by atoms with Gasteiger partial charge in [-0.25, -0.2) is 0 Å². The molecule has 1 aromatic rings. The topological polar surface area (TPSA) is 60.9 Å². The number of benzene rings is 1. The van der Waals surface area contributed by atoms with Crippen molar-refractivity contribution in [2.24, 2.45) is 0 Å². The standard InChI is InChI=1S/C18H22N2O3/c1-13(21)20-11-6-14-4-2-3-5-16(14)17(20)12-18(23)19-9-7-15(22)8-10-19/h2-6,11,15,17,22H,7-10,12H2,1H3. The number of carbonyl (C=O) groups is 2. The molecule has 2 aliphatic heterocycles. The maximum absolute atomic E-state index is 12.6. The minimum absolute atomic E-state index is 0.0400. The number of carbonyl (C=O) groups excluding carboxylic acids is 2. The van der Waals surface area contributed by atoms with E-state index in [9.17, 15) is 14.7 Å². The summed E-state index contributed by atoms with van der Waals surface area (Å²) in [5.74, 6) is -0.0270. The second-order valence-electron chi connectivity index (χ2n) is 6.20. The van der Waals surface area contributed by atoms with Crippen molar-refractivity contribution in [3.05, 3.63) is 41.6 Å². The summed E-state index contributed by atoms with van der Waals surface area (Å²) < 4.78 is 0. The zero-order chi connectivity index (χ0) is 16.4. The molecule has 23 heavy (non-hydrogen) atoms. The van der Waals surface area contributed by atoms with E-state index in [1.165, 1.54) is 6.92 Å². The second-order valence-corrected chi connectivity index (χ2v) is 6.20. The molecule has 1 unspecified atom stereocenters. The summed E-state index contributed by atoms with van der Waals surface area (Å²) in [6.45, 7) is 2.70. The molecule has 0 aliphatic carbocycles. The fourth-order valence-electron chi connectivity index (χ4n) is 3.32. The van der Waals surface area contributed by atoms with E-state index in [1.54, 1.807) is 16.0 Å². The molecule has 1 saturated heterocycles. The van der Waals surface area contributed by atoms with E-state index >= 15 is 0 Å². The zero-order valence-corrected chi connectivity index (χ0v) is 13.3. The van der Waals surface area contributed by atoms with Gasteiger partial charge in [0.15, 0.2) is 0 Å². The first kappa shape index (κ1) is 15.7. The Balaban J connectivity index is 1.79. The highest BCUT2D eigenvalue weighted by atomic mass is 16.3. The van der Waals surface area contributed by atoms with Gasteiger partial charge >= 0.3 is 0 Å². The molecule has 5 nitrogen and oxygen atoms in total. The fourth-order valence-corrected chi connectivity index (χ4v) is 3.32. The Morgan fingerprint density at radius 2 is 1.91 bits per heavy atom. The molecular weight excluding hydrogens is 292 g/mol. The molecule has 122 valence electrons. The van der Waals surface area contributed by atoms with Crippen molar-refractivity contribution >= 4 is 17.9 Å². The van der Waals surface area contributed by atoms with Crippen LogP contribution in [0, 0.1) is 0 Å². The molecule has 0 aromatic heterocycles. The average Bonchev–Trinajstić information content (AvgIpc) is 2.55. The van der Waals surface area contributed by atoms with Crippen molar-refractivity contribution in [3.8, 4) is 0 Å².